The number of hydrogen-bond donors (Lipinski definition) is 1. The van der Waals surface area contributed by atoms with E-state index in [1.807, 2.05) is 13.8 Å². The molecule has 0 aromatic heterocycles. The van der Waals surface area contributed by atoms with Crippen LogP contribution < -0.4 is 0 Å². The van der Waals surface area contributed by atoms with E-state index in [1.54, 1.807) is 18.2 Å². The molecule has 0 amide bonds. The van der Waals surface area contributed by atoms with Gasteiger partial charge in [0.05, 0.1) is 18.3 Å². The van der Waals surface area contributed by atoms with Gasteiger partial charge in [-0.1, -0.05) is 18.2 Å². The molecule has 0 radical (unpaired) electrons. The topological polar surface area (TPSA) is 32.7 Å². The molecule has 1 aliphatic rings. The second kappa shape index (κ2) is 5.34. The minimum absolute atomic E-state index is 0.201. The third-order valence-corrected chi connectivity index (χ3v) is 3.20. The first-order chi connectivity index (χ1) is 8.48. The summed E-state index contributed by atoms with van der Waals surface area (Å²) in [6.07, 6.45) is -0.792. The normalized spacial score (nSPS) is 21.8. The average molecular weight is 253 g/mol. The van der Waals surface area contributed by atoms with Crippen molar-refractivity contribution >= 4 is 0 Å². The van der Waals surface area contributed by atoms with Crippen LogP contribution in [0.2, 0.25) is 0 Å². The van der Waals surface area contributed by atoms with Crippen molar-refractivity contribution in [3.05, 3.63) is 35.6 Å². The molecule has 3 nitrogen and oxygen atoms in total. The fraction of sp³-hybridized carbons (Fsp3) is 0.571. The largest absolute Gasteiger partial charge is 0.387 e. The Labute approximate surface area is 107 Å². The fourth-order valence-electron chi connectivity index (χ4n) is 2.36. The van der Waals surface area contributed by atoms with Gasteiger partial charge < -0.3 is 9.84 Å². The monoisotopic (exact) mass is 253 g/mol. The summed E-state index contributed by atoms with van der Waals surface area (Å²) in [5.41, 5.74) is 0.162. The van der Waals surface area contributed by atoms with Crippen LogP contribution in [0.25, 0.3) is 0 Å². The summed E-state index contributed by atoms with van der Waals surface area (Å²) in [5, 5.41) is 10.1. The van der Waals surface area contributed by atoms with Crippen LogP contribution in [0, 0.1) is 5.82 Å². The quantitative estimate of drug-likeness (QED) is 0.894. The molecule has 2 rings (SSSR count). The molecule has 4 heteroatoms. The first kappa shape index (κ1) is 13.5. The van der Waals surface area contributed by atoms with Crippen LogP contribution >= 0.6 is 0 Å². The van der Waals surface area contributed by atoms with Crippen molar-refractivity contribution < 1.29 is 14.2 Å². The van der Waals surface area contributed by atoms with Gasteiger partial charge in [0, 0.05) is 25.2 Å². The van der Waals surface area contributed by atoms with Gasteiger partial charge in [0.25, 0.3) is 0 Å². The Kier molecular flexibility index (Phi) is 4.00. The zero-order valence-corrected chi connectivity index (χ0v) is 10.9. The molecule has 0 spiro atoms. The van der Waals surface area contributed by atoms with Crippen molar-refractivity contribution in [2.24, 2.45) is 0 Å². The molecular formula is C14H20FNO2. The van der Waals surface area contributed by atoms with E-state index in [-0.39, 0.29) is 11.4 Å². The van der Waals surface area contributed by atoms with Crippen LogP contribution in [-0.2, 0) is 4.74 Å². The lowest BCUT2D eigenvalue weighted by Gasteiger charge is -2.38. The van der Waals surface area contributed by atoms with Crippen molar-refractivity contribution in [2.75, 3.05) is 26.2 Å². The van der Waals surface area contributed by atoms with Crippen molar-refractivity contribution in [1.29, 1.82) is 0 Å². The Morgan fingerprint density at radius 1 is 1.44 bits per heavy atom. The molecule has 1 aliphatic heterocycles. The fourth-order valence-corrected chi connectivity index (χ4v) is 2.36. The Morgan fingerprint density at radius 2 is 2.17 bits per heavy atom. The highest BCUT2D eigenvalue weighted by Gasteiger charge is 2.28. The number of ether oxygens (including phenoxy) is 1. The van der Waals surface area contributed by atoms with Crippen LogP contribution in [-0.4, -0.2) is 41.8 Å². The van der Waals surface area contributed by atoms with Crippen LogP contribution in [0.5, 0.6) is 0 Å². The lowest BCUT2D eigenvalue weighted by atomic mass is 10.0. The number of benzene rings is 1. The molecule has 1 aromatic rings. The van der Waals surface area contributed by atoms with E-state index in [9.17, 15) is 9.50 Å². The summed E-state index contributed by atoms with van der Waals surface area (Å²) >= 11 is 0. The number of halogens is 1. The number of β-amino-alcohol motifs (C(OH)–C–C–N with tert-alkyl or cyclic N) is 1. The molecule has 18 heavy (non-hydrogen) atoms. The second-order valence-electron chi connectivity index (χ2n) is 5.38. The van der Waals surface area contributed by atoms with E-state index < -0.39 is 6.10 Å². The van der Waals surface area contributed by atoms with Crippen molar-refractivity contribution in [3.8, 4) is 0 Å². The third kappa shape index (κ3) is 3.28. The smallest absolute Gasteiger partial charge is 0.129 e. The Balaban J connectivity index is 1.99. The van der Waals surface area contributed by atoms with Crippen molar-refractivity contribution in [2.45, 2.75) is 25.6 Å². The SMILES string of the molecule is CC1(C)CN(CC(O)c2ccccc2F)CCO1. The lowest BCUT2D eigenvalue weighted by Crippen LogP contribution is -2.49. The predicted octanol–water partition coefficient (Wildman–Crippen LogP) is 1.97. The van der Waals surface area contributed by atoms with Crippen LogP contribution in [0.15, 0.2) is 24.3 Å². The minimum atomic E-state index is -0.792. The van der Waals surface area contributed by atoms with E-state index in [0.717, 1.165) is 13.1 Å². The summed E-state index contributed by atoms with van der Waals surface area (Å²) in [6, 6.07) is 6.38. The van der Waals surface area contributed by atoms with E-state index in [2.05, 4.69) is 4.90 Å². The summed E-state index contributed by atoms with van der Waals surface area (Å²) in [4.78, 5) is 2.11. The Morgan fingerprint density at radius 3 is 2.83 bits per heavy atom. The number of rotatable bonds is 3. The highest BCUT2D eigenvalue weighted by molar-refractivity contribution is 5.20. The molecule has 0 aliphatic carbocycles. The van der Waals surface area contributed by atoms with Gasteiger partial charge in [-0.2, -0.15) is 0 Å². The zero-order valence-electron chi connectivity index (χ0n) is 10.9. The summed E-state index contributed by atoms with van der Waals surface area (Å²) in [5.74, 6) is -0.350. The maximum atomic E-state index is 13.5. The van der Waals surface area contributed by atoms with Crippen LogP contribution in [0.1, 0.15) is 25.5 Å². The Hall–Kier alpha value is -0.970. The van der Waals surface area contributed by atoms with Gasteiger partial charge in [-0.3, -0.25) is 4.90 Å². The molecule has 1 atom stereocenters. The molecule has 1 fully saturated rings. The molecule has 1 saturated heterocycles. The molecular weight excluding hydrogens is 233 g/mol. The lowest BCUT2D eigenvalue weighted by molar-refractivity contribution is -0.0934. The van der Waals surface area contributed by atoms with Crippen LogP contribution in [0.4, 0.5) is 4.39 Å². The minimum Gasteiger partial charge on any atom is -0.387 e. The first-order valence-corrected chi connectivity index (χ1v) is 6.27. The van der Waals surface area contributed by atoms with E-state index in [0.29, 0.717) is 18.7 Å². The van der Waals surface area contributed by atoms with E-state index in [4.69, 9.17) is 4.74 Å². The molecule has 1 aromatic carbocycles. The van der Waals surface area contributed by atoms with E-state index >= 15 is 0 Å². The van der Waals surface area contributed by atoms with Gasteiger partial charge in [-0.05, 0) is 19.9 Å². The maximum Gasteiger partial charge on any atom is 0.129 e. The van der Waals surface area contributed by atoms with Crippen molar-refractivity contribution in [3.63, 3.8) is 0 Å². The highest BCUT2D eigenvalue weighted by atomic mass is 19.1. The summed E-state index contributed by atoms with van der Waals surface area (Å²) < 4.78 is 19.2. The predicted molar refractivity (Wildman–Crippen MR) is 67.8 cm³/mol. The summed E-state index contributed by atoms with van der Waals surface area (Å²) in [6.45, 7) is 6.65. The molecule has 0 bridgehead atoms. The molecule has 0 saturated carbocycles. The summed E-state index contributed by atoms with van der Waals surface area (Å²) in [7, 11) is 0. The number of aliphatic hydroxyl groups excluding tert-OH is 1. The van der Waals surface area contributed by atoms with E-state index in [1.165, 1.54) is 6.07 Å². The van der Waals surface area contributed by atoms with Gasteiger partial charge in [0.15, 0.2) is 0 Å². The highest BCUT2D eigenvalue weighted by Crippen LogP contribution is 2.21. The third-order valence-electron chi connectivity index (χ3n) is 3.20. The number of morpholine rings is 1. The molecule has 1 heterocycles. The standard InChI is InChI=1S/C14H20FNO2/c1-14(2)10-16(7-8-18-14)9-13(17)11-5-3-4-6-12(11)15/h3-6,13,17H,7-10H2,1-2H3. The molecule has 100 valence electrons. The van der Waals surface area contributed by atoms with Crippen molar-refractivity contribution in [1.82, 2.24) is 4.90 Å². The average Bonchev–Trinajstić information content (AvgIpc) is 2.28. The number of nitrogens with zero attached hydrogens (tertiary/aromatic N) is 1. The van der Waals surface area contributed by atoms with Gasteiger partial charge in [0.2, 0.25) is 0 Å². The van der Waals surface area contributed by atoms with Gasteiger partial charge in [0.1, 0.15) is 5.82 Å². The maximum absolute atomic E-state index is 13.5. The van der Waals surface area contributed by atoms with Crippen LogP contribution in [0.3, 0.4) is 0 Å². The zero-order chi connectivity index (χ0) is 13.2. The van der Waals surface area contributed by atoms with Gasteiger partial charge in [-0.15, -0.1) is 0 Å². The number of aliphatic hydroxyl groups is 1. The van der Waals surface area contributed by atoms with Gasteiger partial charge in [-0.25, -0.2) is 4.39 Å². The molecule has 1 N–H and O–H groups in total. The van der Waals surface area contributed by atoms with Gasteiger partial charge >= 0.3 is 0 Å². The number of hydrogen-bond acceptors (Lipinski definition) is 3. The first-order valence-electron chi connectivity index (χ1n) is 6.27. The Bertz CT molecular complexity index is 409. The molecule has 1 unspecified atom stereocenters. The second-order valence-corrected chi connectivity index (χ2v) is 5.38.